The molecule has 4 aliphatic rings. The van der Waals surface area contributed by atoms with Gasteiger partial charge in [-0.2, -0.15) is 0 Å². The minimum absolute atomic E-state index is 0.911. The van der Waals surface area contributed by atoms with Crippen LogP contribution in [0.15, 0.2) is 291 Å². The van der Waals surface area contributed by atoms with Gasteiger partial charge in [0.1, 0.15) is 0 Å². The van der Waals surface area contributed by atoms with E-state index < -0.39 is 0 Å². The molecule has 8 heteroatoms. The third-order valence-corrected chi connectivity index (χ3v) is 18.5. The number of hydrogen-bond acceptors (Lipinski definition) is 8. The molecule has 4 heterocycles. The minimum Gasteiger partial charge on any atom is -0.453 e. The van der Waals surface area contributed by atoms with Crippen LogP contribution in [-0.2, 0) is 0 Å². The molecule has 20 rings (SSSR count). The fourth-order valence-electron chi connectivity index (χ4n) is 13.9. The Morgan fingerprint density at radius 3 is 0.837 bits per heavy atom. The monoisotopic (exact) mass is 1190 g/mol. The number of hydrogen-bond donors (Lipinski definition) is 0. The summed E-state index contributed by atoms with van der Waals surface area (Å²) in [5.41, 5.74) is 8.94. The van der Waals surface area contributed by atoms with Crippen LogP contribution in [0.2, 0.25) is 0 Å². The summed E-state index contributed by atoms with van der Waals surface area (Å²) in [6.07, 6.45) is 0. The van der Waals surface area contributed by atoms with Crippen molar-refractivity contribution in [3.05, 3.63) is 291 Å². The fourth-order valence-corrected chi connectivity index (χ4v) is 13.9. The van der Waals surface area contributed by atoms with Gasteiger partial charge in [0.25, 0.3) is 0 Å². The molecule has 16 aromatic rings. The standard InChI is InChI=1S/4C21H15NO/c1-22-18-12-10-15-7-3-5-9-17(15)21(18)23-19-13-11-14-6-2-4-8-16(14)20(19)22;1-22-20-16-8-4-2-6-14(16)10-12-18(20)23-19-13-11-15-7-3-5-9-17(15)21(19)22;1-22-18-12-15-7-2-3-8-16(15)13-20(18)23-19-11-10-14-6-4-5-9-17(14)21(19)22;1-22-18-11-10-14-6-4-5-9-17(14)21(18)23-20-13-16-8-3-2-7-15(16)12-19(20)22/h4*2-13H,1H3. The maximum atomic E-state index is 6.33. The number of rotatable bonds is 0. The maximum Gasteiger partial charge on any atom is 0.158 e. The van der Waals surface area contributed by atoms with E-state index in [-0.39, 0.29) is 0 Å². The molecule has 0 atom stereocenters. The second kappa shape index (κ2) is 21.9. The lowest BCUT2D eigenvalue weighted by Crippen LogP contribution is -2.16. The largest absolute Gasteiger partial charge is 0.453 e. The summed E-state index contributed by atoms with van der Waals surface area (Å²) in [4.78, 5) is 8.96. The summed E-state index contributed by atoms with van der Waals surface area (Å²) in [7, 11) is 8.45. The molecule has 0 aliphatic carbocycles. The van der Waals surface area contributed by atoms with Gasteiger partial charge in [-0.3, -0.25) is 0 Å². The van der Waals surface area contributed by atoms with Gasteiger partial charge in [0.15, 0.2) is 46.0 Å². The lowest BCUT2D eigenvalue weighted by molar-refractivity contribution is 0.477. The molecule has 0 saturated carbocycles. The molecule has 0 N–H and O–H groups in total. The van der Waals surface area contributed by atoms with Crippen molar-refractivity contribution in [3.8, 4) is 46.0 Å². The molecule has 440 valence electrons. The van der Waals surface area contributed by atoms with Gasteiger partial charge in [-0.25, -0.2) is 0 Å². The minimum atomic E-state index is 0.911. The van der Waals surface area contributed by atoms with Crippen LogP contribution in [0.1, 0.15) is 0 Å². The van der Waals surface area contributed by atoms with Crippen molar-refractivity contribution in [2.24, 2.45) is 0 Å². The topological polar surface area (TPSA) is 49.9 Å². The first-order valence-electron chi connectivity index (χ1n) is 31.1. The summed E-state index contributed by atoms with van der Waals surface area (Å²) in [5, 5.41) is 19.3. The van der Waals surface area contributed by atoms with Gasteiger partial charge in [0.05, 0.1) is 45.5 Å². The van der Waals surface area contributed by atoms with Crippen molar-refractivity contribution < 1.29 is 18.9 Å². The molecule has 0 amide bonds. The molecule has 8 nitrogen and oxygen atoms in total. The molecular weight excluding hydrogens is 1130 g/mol. The molecule has 4 aliphatic heterocycles. The third kappa shape index (κ3) is 9.05. The van der Waals surface area contributed by atoms with Crippen molar-refractivity contribution in [1.82, 2.24) is 0 Å². The molecule has 0 unspecified atom stereocenters. The average Bonchev–Trinajstić information content (AvgIpc) is 0.810. The predicted octanol–water partition coefficient (Wildman–Crippen LogP) is 23.5. The van der Waals surface area contributed by atoms with E-state index in [0.717, 1.165) is 102 Å². The zero-order chi connectivity index (χ0) is 61.6. The molecule has 0 aromatic heterocycles. The van der Waals surface area contributed by atoms with Crippen molar-refractivity contribution in [3.63, 3.8) is 0 Å². The number of anilines is 8. The SMILES string of the molecule is CN1c2c(ccc3ccccc23)Oc2ccc3ccccc3c21.CN1c2cc3ccccc3cc2Oc2c1ccc1ccccc21.CN1c2cc3ccccc3cc2Oc2ccc3ccccc3c21.CN1c2ccc3ccccc3c2Oc2ccc3ccccc3c21. The predicted molar refractivity (Wildman–Crippen MR) is 384 cm³/mol. The molecule has 0 fully saturated rings. The van der Waals surface area contributed by atoms with E-state index in [1.54, 1.807) is 0 Å². The molecule has 16 aromatic carbocycles. The van der Waals surface area contributed by atoms with E-state index in [0.29, 0.717) is 0 Å². The Morgan fingerprint density at radius 1 is 0.185 bits per heavy atom. The van der Waals surface area contributed by atoms with Crippen LogP contribution < -0.4 is 38.5 Å². The van der Waals surface area contributed by atoms with Crippen LogP contribution in [0.5, 0.6) is 46.0 Å². The van der Waals surface area contributed by atoms with Crippen LogP contribution >= 0.6 is 0 Å². The van der Waals surface area contributed by atoms with Gasteiger partial charge in [-0.05, 0) is 115 Å². The summed E-state index contributed by atoms with van der Waals surface area (Å²) in [6, 6.07) is 101. The third-order valence-electron chi connectivity index (χ3n) is 18.5. The summed E-state index contributed by atoms with van der Waals surface area (Å²) >= 11 is 0. The lowest BCUT2D eigenvalue weighted by atomic mass is 10.0. The molecule has 0 spiro atoms. The first kappa shape index (κ1) is 54.2. The van der Waals surface area contributed by atoms with E-state index in [2.05, 4.69) is 339 Å². The van der Waals surface area contributed by atoms with Crippen LogP contribution in [0.25, 0.3) is 86.2 Å². The highest BCUT2D eigenvalue weighted by Gasteiger charge is 2.29. The maximum absolute atomic E-state index is 6.33. The van der Waals surface area contributed by atoms with Crippen molar-refractivity contribution in [2.45, 2.75) is 0 Å². The Labute approximate surface area is 532 Å². The fraction of sp³-hybridized carbons (Fsp3) is 0.0476. The molecule has 0 bridgehead atoms. The van der Waals surface area contributed by atoms with Crippen LogP contribution in [0.4, 0.5) is 45.5 Å². The first-order chi connectivity index (χ1) is 45.3. The highest BCUT2D eigenvalue weighted by atomic mass is 16.5. The van der Waals surface area contributed by atoms with Crippen LogP contribution in [0, 0.1) is 0 Å². The van der Waals surface area contributed by atoms with E-state index in [1.807, 2.05) is 0 Å². The quantitative estimate of drug-likeness (QED) is 0.149. The summed E-state index contributed by atoms with van der Waals surface area (Å²) < 4.78 is 25.1. The van der Waals surface area contributed by atoms with E-state index in [1.165, 1.54) is 75.4 Å². The molecule has 0 saturated heterocycles. The van der Waals surface area contributed by atoms with Crippen LogP contribution in [0.3, 0.4) is 0 Å². The molecule has 92 heavy (non-hydrogen) atoms. The second-order valence-electron chi connectivity index (χ2n) is 23.8. The summed E-state index contributed by atoms with van der Waals surface area (Å²) in [5.74, 6) is 7.35. The Bertz CT molecular complexity index is 5440. The van der Waals surface area contributed by atoms with Gasteiger partial charge in [-0.1, -0.05) is 231 Å². The Morgan fingerprint density at radius 2 is 0.435 bits per heavy atom. The van der Waals surface area contributed by atoms with Crippen molar-refractivity contribution in [2.75, 3.05) is 47.8 Å². The van der Waals surface area contributed by atoms with Gasteiger partial charge < -0.3 is 38.5 Å². The lowest BCUT2D eigenvalue weighted by Gasteiger charge is -2.32. The number of nitrogens with zero attached hydrogens (tertiary/aromatic N) is 4. The van der Waals surface area contributed by atoms with Crippen molar-refractivity contribution in [1.29, 1.82) is 0 Å². The van der Waals surface area contributed by atoms with Gasteiger partial charge in [0.2, 0.25) is 0 Å². The Balaban J connectivity index is 0.0000000939. The Hall–Kier alpha value is -12.0. The highest BCUT2D eigenvalue weighted by Crippen LogP contribution is 2.55. The number of fused-ring (bicyclic) bond motifs is 22. The molecular formula is C84H60N4O4. The molecule has 0 radical (unpaired) electrons. The van der Waals surface area contributed by atoms with E-state index in [4.69, 9.17) is 18.9 Å². The van der Waals surface area contributed by atoms with Gasteiger partial charge in [0, 0.05) is 60.5 Å². The van der Waals surface area contributed by atoms with E-state index >= 15 is 0 Å². The van der Waals surface area contributed by atoms with E-state index in [9.17, 15) is 0 Å². The smallest absolute Gasteiger partial charge is 0.158 e. The van der Waals surface area contributed by atoms with Gasteiger partial charge >= 0.3 is 0 Å². The zero-order valence-corrected chi connectivity index (χ0v) is 51.1. The number of benzene rings is 16. The van der Waals surface area contributed by atoms with Gasteiger partial charge in [-0.15, -0.1) is 0 Å². The normalized spacial score (nSPS) is 12.8. The number of ether oxygens (including phenoxy) is 4. The van der Waals surface area contributed by atoms with Crippen LogP contribution in [-0.4, -0.2) is 28.2 Å². The second-order valence-corrected chi connectivity index (χ2v) is 23.8. The highest BCUT2D eigenvalue weighted by molar-refractivity contribution is 6.09. The Kier molecular flexibility index (Phi) is 12.9. The first-order valence-corrected chi connectivity index (χ1v) is 31.1. The zero-order valence-electron chi connectivity index (χ0n) is 51.1. The average molecular weight is 1190 g/mol. The van der Waals surface area contributed by atoms with Crippen molar-refractivity contribution >= 4 is 132 Å². The summed E-state index contributed by atoms with van der Waals surface area (Å²) in [6.45, 7) is 0.